The van der Waals surface area contributed by atoms with Gasteiger partial charge in [-0.05, 0) is 30.9 Å². The lowest BCUT2D eigenvalue weighted by Crippen LogP contribution is -2.43. The van der Waals surface area contributed by atoms with Crippen molar-refractivity contribution in [1.82, 2.24) is 14.9 Å². The Hall–Kier alpha value is -2.17. The van der Waals surface area contributed by atoms with Crippen LogP contribution in [0.25, 0.3) is 11.0 Å². The fraction of sp³-hybridized carbons (Fsp3) is 0.550. The smallest absolute Gasteiger partial charge is 0.227 e. The lowest BCUT2D eigenvalue weighted by atomic mass is 9.92. The Labute approximate surface area is 150 Å². The molecular formula is C20H28N4O. The van der Waals surface area contributed by atoms with E-state index in [2.05, 4.69) is 9.88 Å². The van der Waals surface area contributed by atoms with Gasteiger partial charge in [-0.15, -0.1) is 0 Å². The van der Waals surface area contributed by atoms with Gasteiger partial charge in [0.15, 0.2) is 0 Å². The van der Waals surface area contributed by atoms with Gasteiger partial charge >= 0.3 is 0 Å². The summed E-state index contributed by atoms with van der Waals surface area (Å²) in [6.07, 6.45) is 4.03. The zero-order valence-electron chi connectivity index (χ0n) is 15.7. The summed E-state index contributed by atoms with van der Waals surface area (Å²) in [5.41, 5.74) is 1.57. The number of piperidine rings is 1. The largest absolute Gasteiger partial charge is 0.355 e. The van der Waals surface area contributed by atoms with Crippen LogP contribution < -0.4 is 4.90 Å². The van der Waals surface area contributed by atoms with Gasteiger partial charge < -0.3 is 9.80 Å². The average Bonchev–Trinajstić information content (AvgIpc) is 2.60. The molecule has 0 saturated carbocycles. The van der Waals surface area contributed by atoms with Crippen LogP contribution >= 0.6 is 0 Å². The molecule has 1 aromatic carbocycles. The molecule has 1 aliphatic rings. The zero-order valence-corrected chi connectivity index (χ0v) is 15.7. The van der Waals surface area contributed by atoms with E-state index < -0.39 is 0 Å². The van der Waals surface area contributed by atoms with E-state index in [1.807, 2.05) is 63.2 Å². The second-order valence-electron chi connectivity index (χ2n) is 8.08. The molecule has 134 valence electrons. The first-order chi connectivity index (χ1) is 11.8. The summed E-state index contributed by atoms with van der Waals surface area (Å²) >= 11 is 0. The molecule has 0 N–H and O–H groups in total. The number of carbonyl (C=O) groups is 1. The van der Waals surface area contributed by atoms with Crippen LogP contribution in [0, 0.1) is 11.3 Å². The zero-order chi connectivity index (χ0) is 18.0. The summed E-state index contributed by atoms with van der Waals surface area (Å²) in [5.74, 6) is 1.73. The van der Waals surface area contributed by atoms with Gasteiger partial charge in [-0.25, -0.2) is 4.98 Å². The lowest BCUT2D eigenvalue weighted by molar-refractivity contribution is -0.138. The quantitative estimate of drug-likeness (QED) is 0.860. The molecule has 1 aliphatic heterocycles. The van der Waals surface area contributed by atoms with Crippen LogP contribution in [0.5, 0.6) is 0 Å². The number of rotatable bonds is 3. The number of anilines is 1. The summed E-state index contributed by atoms with van der Waals surface area (Å²) in [7, 11) is 1.93. The first-order valence-corrected chi connectivity index (χ1v) is 9.07. The highest BCUT2D eigenvalue weighted by molar-refractivity contribution is 5.81. The predicted molar refractivity (Wildman–Crippen MR) is 102 cm³/mol. The molecule has 1 fully saturated rings. The maximum Gasteiger partial charge on any atom is 0.227 e. The third-order valence-electron chi connectivity index (χ3n) is 4.89. The number of hydrogen-bond acceptors (Lipinski definition) is 4. The number of aromatic nitrogens is 2. The molecule has 1 saturated heterocycles. The summed E-state index contributed by atoms with van der Waals surface area (Å²) in [6, 6.07) is 7.97. The van der Waals surface area contributed by atoms with Crippen LogP contribution in [0.1, 0.15) is 33.6 Å². The highest BCUT2D eigenvalue weighted by atomic mass is 16.2. The molecule has 0 atom stereocenters. The number of benzene rings is 1. The second-order valence-corrected chi connectivity index (χ2v) is 8.08. The van der Waals surface area contributed by atoms with Gasteiger partial charge in [0.1, 0.15) is 5.82 Å². The molecular weight excluding hydrogens is 312 g/mol. The van der Waals surface area contributed by atoms with E-state index >= 15 is 0 Å². The van der Waals surface area contributed by atoms with Gasteiger partial charge in [-0.2, -0.15) is 0 Å². The Morgan fingerprint density at radius 2 is 1.84 bits per heavy atom. The fourth-order valence-electron chi connectivity index (χ4n) is 3.49. The van der Waals surface area contributed by atoms with Gasteiger partial charge in [-0.1, -0.05) is 32.9 Å². The third kappa shape index (κ3) is 4.09. The van der Waals surface area contributed by atoms with Crippen molar-refractivity contribution in [3.8, 4) is 0 Å². The molecule has 3 rings (SSSR count). The van der Waals surface area contributed by atoms with E-state index in [1.165, 1.54) is 0 Å². The number of hydrogen-bond donors (Lipinski definition) is 0. The second kappa shape index (κ2) is 6.98. The number of fused-ring (bicyclic) bond motifs is 1. The Balaban J connectivity index is 1.58. The van der Waals surface area contributed by atoms with Crippen molar-refractivity contribution in [2.24, 2.45) is 11.3 Å². The highest BCUT2D eigenvalue weighted by Gasteiger charge is 2.28. The molecule has 0 unspecified atom stereocenters. The Morgan fingerprint density at radius 1 is 1.20 bits per heavy atom. The number of nitrogens with zero attached hydrogens (tertiary/aromatic N) is 4. The van der Waals surface area contributed by atoms with Crippen molar-refractivity contribution in [1.29, 1.82) is 0 Å². The maximum atomic E-state index is 12.3. The van der Waals surface area contributed by atoms with Crippen molar-refractivity contribution < 1.29 is 4.79 Å². The molecule has 2 heterocycles. The first kappa shape index (κ1) is 17.6. The summed E-state index contributed by atoms with van der Waals surface area (Å²) in [6.45, 7) is 8.71. The van der Waals surface area contributed by atoms with Gasteiger partial charge in [0.2, 0.25) is 5.91 Å². The Morgan fingerprint density at radius 3 is 2.48 bits per heavy atom. The molecule has 2 aromatic rings. The topological polar surface area (TPSA) is 49.3 Å². The predicted octanol–water partition coefficient (Wildman–Crippen LogP) is 3.35. The number of amides is 1. The molecule has 5 heteroatoms. The van der Waals surface area contributed by atoms with Crippen LogP contribution in [-0.2, 0) is 4.79 Å². The minimum Gasteiger partial charge on any atom is -0.355 e. The van der Waals surface area contributed by atoms with E-state index in [4.69, 9.17) is 4.98 Å². The van der Waals surface area contributed by atoms with Crippen LogP contribution in [0.4, 0.5) is 5.82 Å². The van der Waals surface area contributed by atoms with E-state index in [0.29, 0.717) is 5.92 Å². The maximum absolute atomic E-state index is 12.3. The van der Waals surface area contributed by atoms with Gasteiger partial charge in [0, 0.05) is 32.1 Å². The van der Waals surface area contributed by atoms with Gasteiger partial charge in [0.05, 0.1) is 17.2 Å². The standard InChI is InChI=1S/C20H28N4O/c1-20(2,3)19(25)23(4)14-15-9-11-24(12-10-15)18-13-21-16-7-5-6-8-17(16)22-18/h5-8,13,15H,9-12,14H2,1-4H3. The fourth-order valence-corrected chi connectivity index (χ4v) is 3.49. The van der Waals surface area contributed by atoms with Gasteiger partial charge in [-0.3, -0.25) is 9.78 Å². The molecule has 0 spiro atoms. The normalized spacial score (nSPS) is 16.2. The summed E-state index contributed by atoms with van der Waals surface area (Å²) in [5, 5.41) is 0. The minimum absolute atomic E-state index is 0.218. The molecule has 25 heavy (non-hydrogen) atoms. The van der Waals surface area contributed by atoms with Crippen molar-refractivity contribution in [3.63, 3.8) is 0 Å². The molecule has 5 nitrogen and oxygen atoms in total. The number of carbonyl (C=O) groups excluding carboxylic acids is 1. The summed E-state index contributed by atoms with van der Waals surface area (Å²) < 4.78 is 0. The van der Waals surface area contributed by atoms with E-state index in [1.54, 1.807) is 0 Å². The van der Waals surface area contributed by atoms with Gasteiger partial charge in [0.25, 0.3) is 0 Å². The monoisotopic (exact) mass is 340 g/mol. The number of para-hydroxylation sites is 2. The molecule has 0 aliphatic carbocycles. The molecule has 0 radical (unpaired) electrons. The van der Waals surface area contributed by atoms with E-state index in [-0.39, 0.29) is 11.3 Å². The van der Waals surface area contributed by atoms with Crippen LogP contribution in [-0.4, -0.2) is 47.5 Å². The molecule has 1 aromatic heterocycles. The van der Waals surface area contributed by atoms with Crippen molar-refractivity contribution in [3.05, 3.63) is 30.5 Å². The van der Waals surface area contributed by atoms with Crippen molar-refractivity contribution in [2.45, 2.75) is 33.6 Å². The lowest BCUT2D eigenvalue weighted by Gasteiger charge is -2.35. The molecule has 0 bridgehead atoms. The summed E-state index contributed by atoms with van der Waals surface area (Å²) in [4.78, 5) is 25.8. The Kier molecular flexibility index (Phi) is 4.93. The first-order valence-electron chi connectivity index (χ1n) is 9.07. The van der Waals surface area contributed by atoms with E-state index in [9.17, 15) is 4.79 Å². The van der Waals surface area contributed by atoms with Crippen molar-refractivity contribution in [2.75, 3.05) is 31.6 Å². The van der Waals surface area contributed by atoms with Crippen LogP contribution in [0.15, 0.2) is 30.5 Å². The van der Waals surface area contributed by atoms with Crippen LogP contribution in [0.2, 0.25) is 0 Å². The minimum atomic E-state index is -0.309. The SMILES string of the molecule is CN(CC1CCN(c2cnc3ccccc3n2)CC1)C(=O)C(C)(C)C. The Bertz CT molecular complexity index is 745. The third-order valence-corrected chi connectivity index (χ3v) is 4.89. The van der Waals surface area contributed by atoms with Crippen molar-refractivity contribution >= 4 is 22.8 Å². The highest BCUT2D eigenvalue weighted by Crippen LogP contribution is 2.25. The average molecular weight is 340 g/mol. The molecule has 1 amide bonds. The van der Waals surface area contributed by atoms with E-state index in [0.717, 1.165) is 49.3 Å². The van der Waals surface area contributed by atoms with Crippen LogP contribution in [0.3, 0.4) is 0 Å².